The van der Waals surface area contributed by atoms with Crippen LogP contribution in [-0.2, 0) is 16.0 Å². The van der Waals surface area contributed by atoms with E-state index < -0.39 is 29.5 Å². The molecular weight excluding hydrogens is 323 g/mol. The van der Waals surface area contributed by atoms with Crippen LogP contribution < -0.4 is 11.1 Å². The van der Waals surface area contributed by atoms with Gasteiger partial charge in [0.15, 0.2) is 11.6 Å². The van der Waals surface area contributed by atoms with E-state index in [1.165, 1.54) is 4.90 Å². The highest BCUT2D eigenvalue weighted by Crippen LogP contribution is 2.17. The molecule has 1 heterocycles. The van der Waals surface area contributed by atoms with Crippen LogP contribution in [0, 0.1) is 17.5 Å². The number of nitrogens with zero attached hydrogens (tertiary/aromatic N) is 1. The molecule has 5 nitrogen and oxygen atoms in total. The lowest BCUT2D eigenvalue weighted by molar-refractivity contribution is -0.143. The summed E-state index contributed by atoms with van der Waals surface area (Å²) in [7, 11) is 0. The Balaban J connectivity index is 2.01. The van der Waals surface area contributed by atoms with Crippen molar-refractivity contribution in [2.75, 3.05) is 13.1 Å². The van der Waals surface area contributed by atoms with Crippen molar-refractivity contribution in [3.05, 3.63) is 35.1 Å². The Hall–Kier alpha value is -2.09. The van der Waals surface area contributed by atoms with E-state index in [-0.39, 0.29) is 30.2 Å². The fourth-order valence-electron chi connectivity index (χ4n) is 2.84. The zero-order valence-electron chi connectivity index (χ0n) is 13.3. The minimum atomic E-state index is -1.27. The summed E-state index contributed by atoms with van der Waals surface area (Å²) in [6.45, 7) is 2.55. The number of carbonyl (C=O) groups is 2. The zero-order valence-corrected chi connectivity index (χ0v) is 13.3. The molecule has 2 amide bonds. The first kappa shape index (κ1) is 18.3. The summed E-state index contributed by atoms with van der Waals surface area (Å²) in [5.41, 5.74) is 5.78. The summed E-state index contributed by atoms with van der Waals surface area (Å²) < 4.78 is 39.8. The third-order valence-electron chi connectivity index (χ3n) is 4.05. The molecule has 0 unspecified atom stereocenters. The quantitative estimate of drug-likeness (QED) is 0.786. The summed E-state index contributed by atoms with van der Waals surface area (Å²) in [6, 6.07) is -0.0998. The summed E-state index contributed by atoms with van der Waals surface area (Å²) >= 11 is 0. The number of carbonyl (C=O) groups excluding carboxylic acids is 2. The highest BCUT2D eigenvalue weighted by molar-refractivity contribution is 5.88. The van der Waals surface area contributed by atoms with Crippen LogP contribution >= 0.6 is 0 Å². The van der Waals surface area contributed by atoms with E-state index in [1.54, 1.807) is 6.92 Å². The van der Waals surface area contributed by atoms with Gasteiger partial charge in [0.25, 0.3) is 0 Å². The Labute approximate surface area is 138 Å². The topological polar surface area (TPSA) is 75.4 Å². The first-order chi connectivity index (χ1) is 11.3. The smallest absolute Gasteiger partial charge is 0.242 e. The van der Waals surface area contributed by atoms with Gasteiger partial charge in [-0.3, -0.25) is 9.59 Å². The molecule has 24 heavy (non-hydrogen) atoms. The number of piperazine rings is 1. The third-order valence-corrected chi connectivity index (χ3v) is 4.05. The van der Waals surface area contributed by atoms with Crippen LogP contribution in [0.5, 0.6) is 0 Å². The summed E-state index contributed by atoms with van der Waals surface area (Å²) in [5.74, 6) is -3.86. The van der Waals surface area contributed by atoms with Crippen molar-refractivity contribution in [3.8, 4) is 0 Å². The minimum Gasteiger partial charge on any atom is -0.353 e. The van der Waals surface area contributed by atoms with Gasteiger partial charge in [0, 0.05) is 31.6 Å². The molecule has 1 aliphatic heterocycles. The van der Waals surface area contributed by atoms with Crippen molar-refractivity contribution >= 4 is 11.8 Å². The van der Waals surface area contributed by atoms with Crippen molar-refractivity contribution in [2.24, 2.45) is 5.73 Å². The molecule has 132 valence electrons. The molecule has 0 radical (unpaired) electrons. The summed E-state index contributed by atoms with van der Waals surface area (Å²) in [5, 5.41) is 2.69. The molecule has 1 aliphatic rings. The van der Waals surface area contributed by atoms with Gasteiger partial charge in [0.2, 0.25) is 11.8 Å². The minimum absolute atomic E-state index is 0.0855. The van der Waals surface area contributed by atoms with E-state index in [2.05, 4.69) is 5.32 Å². The number of rotatable bonds is 5. The lowest BCUT2D eigenvalue weighted by Gasteiger charge is -2.35. The monoisotopic (exact) mass is 343 g/mol. The molecule has 3 N–H and O–H groups in total. The van der Waals surface area contributed by atoms with Crippen LogP contribution in [0.25, 0.3) is 0 Å². The Morgan fingerprint density at radius 3 is 2.67 bits per heavy atom. The van der Waals surface area contributed by atoms with Gasteiger partial charge in [-0.05, 0) is 24.5 Å². The number of nitrogens with two attached hydrogens (primary N) is 1. The predicted molar refractivity (Wildman–Crippen MR) is 81.4 cm³/mol. The molecule has 1 aromatic carbocycles. The Morgan fingerprint density at radius 2 is 2.00 bits per heavy atom. The summed E-state index contributed by atoms with van der Waals surface area (Å²) in [6.07, 6.45) is 0.262. The Bertz CT molecular complexity index is 639. The molecule has 0 aliphatic carbocycles. The molecule has 0 spiro atoms. The molecule has 0 bridgehead atoms. The maximum atomic E-state index is 13.6. The van der Waals surface area contributed by atoms with Gasteiger partial charge >= 0.3 is 0 Å². The van der Waals surface area contributed by atoms with E-state index in [0.717, 1.165) is 6.07 Å². The van der Waals surface area contributed by atoms with Crippen LogP contribution in [0.2, 0.25) is 0 Å². The largest absolute Gasteiger partial charge is 0.353 e. The van der Waals surface area contributed by atoms with E-state index in [4.69, 9.17) is 5.73 Å². The average molecular weight is 343 g/mol. The number of hydrogen-bond donors (Lipinski definition) is 2. The van der Waals surface area contributed by atoms with Crippen molar-refractivity contribution in [1.82, 2.24) is 10.2 Å². The molecule has 1 fully saturated rings. The summed E-state index contributed by atoms with van der Waals surface area (Å²) in [4.78, 5) is 25.6. The first-order valence-corrected chi connectivity index (χ1v) is 7.79. The maximum absolute atomic E-state index is 13.6. The van der Waals surface area contributed by atoms with Crippen molar-refractivity contribution in [3.63, 3.8) is 0 Å². The van der Waals surface area contributed by atoms with Crippen molar-refractivity contribution in [2.45, 2.75) is 38.3 Å². The van der Waals surface area contributed by atoms with Crippen molar-refractivity contribution < 1.29 is 22.8 Å². The molecule has 8 heteroatoms. The molecule has 2 rings (SSSR count). The van der Waals surface area contributed by atoms with Gasteiger partial charge in [0.05, 0.1) is 0 Å². The third kappa shape index (κ3) is 4.05. The number of halogens is 3. The molecule has 1 saturated heterocycles. The van der Waals surface area contributed by atoms with E-state index in [1.807, 2.05) is 0 Å². The van der Waals surface area contributed by atoms with E-state index in [0.29, 0.717) is 25.6 Å². The maximum Gasteiger partial charge on any atom is 0.242 e. The fourth-order valence-corrected chi connectivity index (χ4v) is 2.84. The molecular formula is C16H20F3N3O2. The number of amides is 2. The zero-order chi connectivity index (χ0) is 17.9. The lowest BCUT2D eigenvalue weighted by atomic mass is 10.0. The van der Waals surface area contributed by atoms with Crippen LogP contribution in [0.4, 0.5) is 13.2 Å². The highest BCUT2D eigenvalue weighted by atomic mass is 19.2. The normalized spacial score (nSPS) is 19.1. The molecule has 0 saturated carbocycles. The van der Waals surface area contributed by atoms with Gasteiger partial charge in [0.1, 0.15) is 11.9 Å². The van der Waals surface area contributed by atoms with Gasteiger partial charge in [-0.1, -0.05) is 6.92 Å². The van der Waals surface area contributed by atoms with Crippen molar-refractivity contribution in [1.29, 1.82) is 0 Å². The lowest BCUT2D eigenvalue weighted by Crippen LogP contribution is -2.57. The van der Waals surface area contributed by atoms with Crippen LogP contribution in [0.3, 0.4) is 0 Å². The van der Waals surface area contributed by atoms with Gasteiger partial charge in [-0.2, -0.15) is 0 Å². The second-order valence-corrected chi connectivity index (χ2v) is 5.83. The molecule has 2 atom stereocenters. The Kier molecular flexibility index (Phi) is 5.82. The number of nitrogens with one attached hydrogen (secondary N) is 1. The standard InChI is InChI=1S/C16H20F3N3O2/c1-2-14-16(24)21-3-4-22(14)15(23)7-10(20)5-9-6-12(18)13(19)8-11(9)17/h6,8,10,14H,2-5,7,20H2,1H3,(H,21,24)/t10-,14-/m1/s1. The van der Waals surface area contributed by atoms with Crippen LogP contribution in [0.1, 0.15) is 25.3 Å². The number of benzene rings is 1. The molecule has 1 aromatic rings. The van der Waals surface area contributed by atoms with Crippen LogP contribution in [-0.4, -0.2) is 41.9 Å². The van der Waals surface area contributed by atoms with Gasteiger partial charge in [-0.25, -0.2) is 13.2 Å². The van der Waals surface area contributed by atoms with Gasteiger partial charge in [-0.15, -0.1) is 0 Å². The van der Waals surface area contributed by atoms with Gasteiger partial charge < -0.3 is 16.0 Å². The SMILES string of the molecule is CC[C@@H]1C(=O)NCCN1C(=O)C[C@H](N)Cc1cc(F)c(F)cc1F. The van der Waals surface area contributed by atoms with E-state index >= 15 is 0 Å². The highest BCUT2D eigenvalue weighted by Gasteiger charge is 2.32. The fraction of sp³-hybridized carbons (Fsp3) is 0.500. The van der Waals surface area contributed by atoms with E-state index in [9.17, 15) is 22.8 Å². The van der Waals surface area contributed by atoms with Crippen LogP contribution in [0.15, 0.2) is 12.1 Å². The number of hydrogen-bond acceptors (Lipinski definition) is 3. The predicted octanol–water partition coefficient (Wildman–Crippen LogP) is 1.10. The Morgan fingerprint density at radius 1 is 1.33 bits per heavy atom. The average Bonchev–Trinajstić information content (AvgIpc) is 2.52. The second-order valence-electron chi connectivity index (χ2n) is 5.83. The molecule has 0 aromatic heterocycles. The first-order valence-electron chi connectivity index (χ1n) is 7.79. The second kappa shape index (κ2) is 7.65.